The highest BCUT2D eigenvalue weighted by molar-refractivity contribution is 6.06. The third-order valence-corrected chi connectivity index (χ3v) is 3.68. The first-order valence-electron chi connectivity index (χ1n) is 8.29. The Hall–Kier alpha value is -2.41. The number of esters is 2. The van der Waals surface area contributed by atoms with Gasteiger partial charge in [0.2, 0.25) is 0 Å². The summed E-state index contributed by atoms with van der Waals surface area (Å²) in [6, 6.07) is 8.99. The topological polar surface area (TPSA) is 98.9 Å². The van der Waals surface area contributed by atoms with Crippen LogP contribution < -0.4 is 0 Å². The van der Waals surface area contributed by atoms with E-state index in [-0.39, 0.29) is 26.2 Å². The molecule has 25 heavy (non-hydrogen) atoms. The van der Waals surface area contributed by atoms with Crippen LogP contribution in [0.4, 0.5) is 0 Å². The summed E-state index contributed by atoms with van der Waals surface area (Å²) in [5.74, 6) is -3.32. The minimum atomic E-state index is -2.56. The maximum Gasteiger partial charge on any atom is 0.350 e. The molecule has 0 saturated carbocycles. The molecule has 1 N–H and O–H groups in total. The molecule has 7 heteroatoms. The number of benzene rings is 1. The molecule has 1 rings (SSSR count). The summed E-state index contributed by atoms with van der Waals surface area (Å²) < 4.78 is 10.2. The maximum atomic E-state index is 12.2. The normalized spacial score (nSPS) is 13.2. The van der Waals surface area contributed by atoms with Crippen LogP contribution in [0, 0.1) is 11.1 Å². The summed E-state index contributed by atoms with van der Waals surface area (Å²) in [5, 5.41) is 23.0. The Morgan fingerprint density at radius 2 is 1.68 bits per heavy atom. The van der Waals surface area contributed by atoms with E-state index in [0.717, 1.165) is 11.8 Å². The minimum absolute atomic E-state index is 0.0118. The fourth-order valence-corrected chi connectivity index (χ4v) is 2.39. The quantitative estimate of drug-likeness (QED) is 0.181. The zero-order valence-corrected chi connectivity index (χ0v) is 14.8. The number of rotatable bonds is 9. The van der Waals surface area contributed by atoms with Crippen LogP contribution in [0.5, 0.6) is 0 Å². The first kappa shape index (κ1) is 20.6. The van der Waals surface area contributed by atoms with Crippen LogP contribution >= 0.6 is 0 Å². The summed E-state index contributed by atoms with van der Waals surface area (Å²) in [6.45, 7) is 4.77. The molecule has 0 heterocycles. The molecular formula is C18H25NO6. The molecule has 1 atom stereocenters. The first-order valence-corrected chi connectivity index (χ1v) is 8.29. The maximum absolute atomic E-state index is 12.2. The van der Waals surface area contributed by atoms with E-state index >= 15 is 0 Å². The highest BCUT2D eigenvalue weighted by Gasteiger charge is 2.54. The lowest BCUT2D eigenvalue weighted by atomic mass is 9.86. The number of nitrogens with zero attached hydrogens (tertiary/aromatic N) is 1. The molecule has 0 amide bonds. The van der Waals surface area contributed by atoms with Gasteiger partial charge in [0.1, 0.15) is 0 Å². The second kappa shape index (κ2) is 9.78. The van der Waals surface area contributed by atoms with Crippen LogP contribution in [0.15, 0.2) is 30.3 Å². The Labute approximate surface area is 147 Å². The van der Waals surface area contributed by atoms with Crippen molar-refractivity contribution >= 4 is 18.2 Å². The van der Waals surface area contributed by atoms with Gasteiger partial charge in [-0.25, -0.2) is 14.3 Å². The second-order valence-corrected chi connectivity index (χ2v) is 5.43. The van der Waals surface area contributed by atoms with Gasteiger partial charge in [-0.3, -0.25) is 0 Å². The van der Waals surface area contributed by atoms with Gasteiger partial charge in [0, 0.05) is 5.56 Å². The van der Waals surface area contributed by atoms with E-state index in [1.165, 1.54) is 0 Å². The molecule has 1 aromatic rings. The van der Waals surface area contributed by atoms with Crippen LogP contribution in [0.1, 0.15) is 32.8 Å². The standard InChI is InChI=1S/C18H25NO6/c1-4-15(13-19(23)12-14-10-8-7-9-11-14)18(22,16(20)24-5-2)17(21)25-6-3/h7-11,13,15,22H,4-6,12H2,1-3H3/b19-13-/t15-/m1/s1. The molecule has 0 aliphatic rings. The summed E-state index contributed by atoms with van der Waals surface area (Å²) in [7, 11) is 0. The van der Waals surface area contributed by atoms with E-state index in [1.54, 1.807) is 45.0 Å². The molecule has 0 saturated heterocycles. The molecule has 0 unspecified atom stereocenters. The first-order chi connectivity index (χ1) is 11.9. The van der Waals surface area contributed by atoms with Crippen LogP contribution in [-0.4, -0.2) is 46.8 Å². The second-order valence-electron chi connectivity index (χ2n) is 5.43. The monoisotopic (exact) mass is 351 g/mol. The molecule has 0 aromatic heterocycles. The average Bonchev–Trinajstić information content (AvgIpc) is 2.60. The lowest BCUT2D eigenvalue weighted by molar-refractivity contribution is -0.473. The van der Waals surface area contributed by atoms with E-state index in [0.29, 0.717) is 4.74 Å². The van der Waals surface area contributed by atoms with Gasteiger partial charge in [0.05, 0.1) is 19.1 Å². The van der Waals surface area contributed by atoms with Crippen molar-refractivity contribution in [3.63, 3.8) is 0 Å². The van der Waals surface area contributed by atoms with Crippen LogP contribution in [0.3, 0.4) is 0 Å². The largest absolute Gasteiger partial charge is 0.624 e. The highest BCUT2D eigenvalue weighted by atomic mass is 16.6. The van der Waals surface area contributed by atoms with Crippen LogP contribution in [0.25, 0.3) is 0 Å². The minimum Gasteiger partial charge on any atom is -0.624 e. The summed E-state index contributed by atoms with van der Waals surface area (Å²) in [5.41, 5.74) is -1.79. The summed E-state index contributed by atoms with van der Waals surface area (Å²) in [6.07, 6.45) is 1.29. The van der Waals surface area contributed by atoms with E-state index in [9.17, 15) is 19.9 Å². The zero-order chi connectivity index (χ0) is 18.9. The van der Waals surface area contributed by atoms with Crippen molar-refractivity contribution < 1.29 is 28.9 Å². The predicted molar refractivity (Wildman–Crippen MR) is 91.8 cm³/mol. The number of ether oxygens (including phenoxy) is 2. The van der Waals surface area contributed by atoms with Gasteiger partial charge in [-0.05, 0) is 20.3 Å². The average molecular weight is 351 g/mol. The van der Waals surface area contributed by atoms with Crippen LogP contribution in [-0.2, 0) is 25.6 Å². The van der Waals surface area contributed by atoms with Crippen molar-refractivity contribution in [3.8, 4) is 0 Å². The van der Waals surface area contributed by atoms with Crippen molar-refractivity contribution in [2.24, 2.45) is 5.92 Å². The highest BCUT2D eigenvalue weighted by Crippen LogP contribution is 2.24. The third kappa shape index (κ3) is 5.29. The van der Waals surface area contributed by atoms with E-state index in [4.69, 9.17) is 9.47 Å². The van der Waals surface area contributed by atoms with Crippen molar-refractivity contribution in [1.82, 2.24) is 0 Å². The van der Waals surface area contributed by atoms with Gasteiger partial charge >= 0.3 is 11.9 Å². The summed E-state index contributed by atoms with van der Waals surface area (Å²) in [4.78, 5) is 24.4. The Morgan fingerprint density at radius 1 is 1.16 bits per heavy atom. The van der Waals surface area contributed by atoms with Gasteiger partial charge in [0.15, 0.2) is 12.8 Å². The lowest BCUT2D eigenvalue weighted by Crippen LogP contribution is -2.55. The number of carbonyl (C=O) groups is 2. The number of carbonyl (C=O) groups excluding carboxylic acids is 2. The molecular weight excluding hydrogens is 326 g/mol. The van der Waals surface area contributed by atoms with Crippen molar-refractivity contribution in [3.05, 3.63) is 41.1 Å². The fraction of sp³-hybridized carbons (Fsp3) is 0.500. The van der Waals surface area contributed by atoms with Gasteiger partial charge in [0.25, 0.3) is 5.60 Å². The molecule has 0 fully saturated rings. The molecule has 1 aromatic carbocycles. The predicted octanol–water partition coefficient (Wildman–Crippen LogP) is 1.65. The van der Waals surface area contributed by atoms with Crippen LogP contribution in [0.2, 0.25) is 0 Å². The molecule has 0 aliphatic heterocycles. The van der Waals surface area contributed by atoms with Crippen molar-refractivity contribution in [1.29, 1.82) is 0 Å². The SMILES string of the molecule is CCOC(=O)C(O)(C(=O)OCC)[C@@H](/C=[N+](\[O-])Cc1ccccc1)CC. The Kier molecular flexibility index (Phi) is 8.07. The van der Waals surface area contributed by atoms with Crippen molar-refractivity contribution in [2.75, 3.05) is 13.2 Å². The fourth-order valence-electron chi connectivity index (χ4n) is 2.39. The molecule has 0 bridgehead atoms. The zero-order valence-electron chi connectivity index (χ0n) is 14.8. The number of hydroxylamine groups is 1. The molecule has 0 aliphatic carbocycles. The molecule has 0 spiro atoms. The smallest absolute Gasteiger partial charge is 0.350 e. The number of aliphatic hydroxyl groups is 1. The Balaban J connectivity index is 3.12. The van der Waals surface area contributed by atoms with E-state index < -0.39 is 23.5 Å². The summed E-state index contributed by atoms with van der Waals surface area (Å²) >= 11 is 0. The molecule has 0 radical (unpaired) electrons. The van der Waals surface area contributed by atoms with Crippen molar-refractivity contribution in [2.45, 2.75) is 39.3 Å². The molecule has 7 nitrogen and oxygen atoms in total. The van der Waals surface area contributed by atoms with Gasteiger partial charge in [-0.15, -0.1) is 0 Å². The van der Waals surface area contributed by atoms with Gasteiger partial charge in [-0.2, -0.15) is 0 Å². The Morgan fingerprint density at radius 3 is 2.12 bits per heavy atom. The van der Waals surface area contributed by atoms with Gasteiger partial charge < -0.3 is 19.8 Å². The number of hydrogen-bond donors (Lipinski definition) is 1. The third-order valence-electron chi connectivity index (χ3n) is 3.68. The van der Waals surface area contributed by atoms with Gasteiger partial charge in [-0.1, -0.05) is 37.3 Å². The van der Waals surface area contributed by atoms with E-state index in [1.807, 2.05) is 6.07 Å². The lowest BCUT2D eigenvalue weighted by Gasteiger charge is -2.28. The molecule has 138 valence electrons. The number of hydrogen-bond acceptors (Lipinski definition) is 6. The van der Waals surface area contributed by atoms with E-state index in [2.05, 4.69) is 0 Å². The Bertz CT molecular complexity index is 581.